The van der Waals surface area contributed by atoms with Crippen molar-refractivity contribution in [3.05, 3.63) is 83.4 Å². The minimum atomic E-state index is -0.281. The number of likely N-dealkylation sites (tertiary alicyclic amines) is 1. The third-order valence-corrected chi connectivity index (χ3v) is 8.05. The number of methoxy groups -OCH3 is 1. The highest BCUT2D eigenvalue weighted by Crippen LogP contribution is 2.38. The van der Waals surface area contributed by atoms with E-state index in [9.17, 15) is 9.59 Å². The number of rotatable bonds is 7. The van der Waals surface area contributed by atoms with Crippen LogP contribution >= 0.6 is 0 Å². The lowest BCUT2D eigenvalue weighted by atomic mass is 9.87. The number of carbonyl (C=O) groups excluding carboxylic acids is 2. The van der Waals surface area contributed by atoms with Gasteiger partial charge in [-0.25, -0.2) is 0 Å². The van der Waals surface area contributed by atoms with Gasteiger partial charge in [0, 0.05) is 17.3 Å². The van der Waals surface area contributed by atoms with Crippen molar-refractivity contribution < 1.29 is 14.3 Å². The van der Waals surface area contributed by atoms with Gasteiger partial charge in [-0.05, 0) is 98.6 Å². The summed E-state index contributed by atoms with van der Waals surface area (Å²) in [5.74, 6) is 0.862. The molecular weight excluding hydrogens is 460 g/mol. The summed E-state index contributed by atoms with van der Waals surface area (Å²) in [6.45, 7) is 3.74. The third kappa shape index (κ3) is 5.62. The van der Waals surface area contributed by atoms with Gasteiger partial charge in [0.2, 0.25) is 0 Å². The fourth-order valence-corrected chi connectivity index (χ4v) is 6.02. The molecule has 5 heteroatoms. The molecule has 0 bridgehead atoms. The number of amides is 1. The molecule has 1 amide bonds. The summed E-state index contributed by atoms with van der Waals surface area (Å²) in [6, 6.07) is 22.0. The molecule has 3 aromatic carbocycles. The molecule has 0 aromatic heterocycles. The van der Waals surface area contributed by atoms with Crippen molar-refractivity contribution in [1.29, 1.82) is 0 Å². The minimum Gasteiger partial charge on any atom is -0.496 e. The fourth-order valence-electron chi connectivity index (χ4n) is 6.02. The van der Waals surface area contributed by atoms with Crippen LogP contribution in [-0.2, 0) is 0 Å². The van der Waals surface area contributed by atoms with E-state index >= 15 is 0 Å². The Labute approximate surface area is 219 Å². The van der Waals surface area contributed by atoms with E-state index in [4.69, 9.17) is 4.74 Å². The molecule has 0 atom stereocenters. The molecule has 1 aliphatic carbocycles. The summed E-state index contributed by atoms with van der Waals surface area (Å²) in [5.41, 5.74) is 4.60. The molecule has 5 nitrogen and oxygen atoms in total. The number of nitrogens with one attached hydrogen (secondary N) is 1. The average Bonchev–Trinajstić information content (AvgIpc) is 3.48. The lowest BCUT2D eigenvalue weighted by Crippen LogP contribution is -2.39. The van der Waals surface area contributed by atoms with Gasteiger partial charge in [-0.2, -0.15) is 0 Å². The predicted molar refractivity (Wildman–Crippen MR) is 149 cm³/mol. The van der Waals surface area contributed by atoms with E-state index in [-0.39, 0.29) is 11.7 Å². The first kappa shape index (κ1) is 25.2. The van der Waals surface area contributed by atoms with Crippen LogP contribution in [0, 0.1) is 0 Å². The summed E-state index contributed by atoms with van der Waals surface area (Å²) < 4.78 is 5.70. The van der Waals surface area contributed by atoms with Gasteiger partial charge in [-0.15, -0.1) is 0 Å². The monoisotopic (exact) mass is 496 g/mol. The number of hydrogen-bond donors (Lipinski definition) is 1. The third-order valence-electron chi connectivity index (χ3n) is 8.05. The quantitative estimate of drug-likeness (QED) is 0.360. The van der Waals surface area contributed by atoms with Gasteiger partial charge in [0.05, 0.1) is 12.7 Å². The van der Waals surface area contributed by atoms with Crippen LogP contribution in [-0.4, -0.2) is 42.8 Å². The standard InChI is InChI=1S/C32H36N2O3/c1-22(35)29-20-25(23-8-4-3-5-9-23)12-14-28(29)32(36)33-26-13-15-31(37-2)30(21-26)24-16-18-34(19-17-24)27-10-6-7-11-27/h3-5,8-9,12-15,20-21,24,27H,6-7,10-11,16-19H2,1-2H3,(H,33,36). The van der Waals surface area contributed by atoms with E-state index in [1.54, 1.807) is 13.2 Å². The van der Waals surface area contributed by atoms with Gasteiger partial charge >= 0.3 is 0 Å². The molecule has 0 spiro atoms. The van der Waals surface area contributed by atoms with Crippen molar-refractivity contribution >= 4 is 17.4 Å². The first-order chi connectivity index (χ1) is 18.0. The molecule has 2 fully saturated rings. The summed E-state index contributed by atoms with van der Waals surface area (Å²) in [4.78, 5) is 28.5. The van der Waals surface area contributed by atoms with Crippen LogP contribution in [0.25, 0.3) is 11.1 Å². The molecule has 0 radical (unpaired) electrons. The highest BCUT2D eigenvalue weighted by molar-refractivity contribution is 6.12. The molecule has 1 saturated carbocycles. The average molecular weight is 497 g/mol. The second kappa shape index (κ2) is 11.3. The largest absolute Gasteiger partial charge is 0.496 e. The Hall–Kier alpha value is -3.44. The normalized spacial score (nSPS) is 17.0. The number of carbonyl (C=O) groups is 2. The zero-order valence-corrected chi connectivity index (χ0v) is 21.8. The molecule has 5 rings (SSSR count). The van der Waals surface area contributed by atoms with Crippen molar-refractivity contribution in [2.75, 3.05) is 25.5 Å². The van der Waals surface area contributed by atoms with Gasteiger partial charge < -0.3 is 15.0 Å². The Morgan fingerprint density at radius 2 is 1.57 bits per heavy atom. The smallest absolute Gasteiger partial charge is 0.256 e. The maximum atomic E-state index is 13.3. The van der Waals surface area contributed by atoms with Crippen LogP contribution < -0.4 is 10.1 Å². The number of anilines is 1. The second-order valence-electron chi connectivity index (χ2n) is 10.3. The van der Waals surface area contributed by atoms with E-state index in [0.29, 0.717) is 17.0 Å². The summed E-state index contributed by atoms with van der Waals surface area (Å²) in [7, 11) is 1.71. The molecule has 1 aliphatic heterocycles. The SMILES string of the molecule is COc1ccc(NC(=O)c2ccc(-c3ccccc3)cc2C(C)=O)cc1C1CCN(C2CCCC2)CC1. The molecule has 1 saturated heterocycles. The fraction of sp³-hybridized carbons (Fsp3) is 0.375. The van der Waals surface area contributed by atoms with E-state index < -0.39 is 0 Å². The first-order valence-corrected chi connectivity index (χ1v) is 13.5. The zero-order chi connectivity index (χ0) is 25.8. The summed E-state index contributed by atoms with van der Waals surface area (Å²) in [5, 5.41) is 3.04. The van der Waals surface area contributed by atoms with Crippen LogP contribution in [0.15, 0.2) is 66.7 Å². The van der Waals surface area contributed by atoms with Gasteiger partial charge in [-0.1, -0.05) is 49.2 Å². The van der Waals surface area contributed by atoms with E-state index in [1.165, 1.54) is 32.6 Å². The van der Waals surface area contributed by atoms with Gasteiger partial charge in [-0.3, -0.25) is 9.59 Å². The Bertz CT molecular complexity index is 1260. The number of piperidine rings is 1. The van der Waals surface area contributed by atoms with Crippen molar-refractivity contribution in [3.63, 3.8) is 0 Å². The maximum Gasteiger partial charge on any atom is 0.256 e. The number of nitrogens with zero attached hydrogens (tertiary/aromatic N) is 1. The van der Waals surface area contributed by atoms with E-state index in [1.807, 2.05) is 54.6 Å². The van der Waals surface area contributed by atoms with Crippen LogP contribution in [0.3, 0.4) is 0 Å². The summed E-state index contributed by atoms with van der Waals surface area (Å²) in [6.07, 6.45) is 7.59. The molecule has 37 heavy (non-hydrogen) atoms. The molecular formula is C32H36N2O3. The zero-order valence-electron chi connectivity index (χ0n) is 21.8. The minimum absolute atomic E-state index is 0.132. The van der Waals surface area contributed by atoms with Crippen LogP contribution in [0.5, 0.6) is 5.75 Å². The first-order valence-electron chi connectivity index (χ1n) is 13.5. The Morgan fingerprint density at radius 1 is 0.838 bits per heavy atom. The second-order valence-corrected chi connectivity index (χ2v) is 10.3. The number of Topliss-reactive ketones (excluding diaryl/α,β-unsaturated/α-hetero) is 1. The predicted octanol–water partition coefficient (Wildman–Crippen LogP) is 6.94. The molecule has 192 valence electrons. The Balaban J connectivity index is 1.34. The summed E-state index contributed by atoms with van der Waals surface area (Å²) >= 11 is 0. The van der Waals surface area contributed by atoms with Crippen LogP contribution in [0.4, 0.5) is 5.69 Å². The lowest BCUT2D eigenvalue weighted by molar-refractivity contribution is 0.0985. The van der Waals surface area contributed by atoms with E-state index in [2.05, 4.69) is 16.3 Å². The van der Waals surface area contributed by atoms with Crippen molar-refractivity contribution in [2.24, 2.45) is 0 Å². The van der Waals surface area contributed by atoms with Gasteiger partial charge in [0.1, 0.15) is 5.75 Å². The van der Waals surface area contributed by atoms with Crippen molar-refractivity contribution in [1.82, 2.24) is 4.90 Å². The highest BCUT2D eigenvalue weighted by atomic mass is 16.5. The number of ether oxygens (including phenoxy) is 1. The molecule has 1 N–H and O–H groups in total. The molecule has 1 heterocycles. The van der Waals surface area contributed by atoms with Crippen LogP contribution in [0.1, 0.15) is 77.6 Å². The highest BCUT2D eigenvalue weighted by Gasteiger charge is 2.29. The van der Waals surface area contributed by atoms with Crippen molar-refractivity contribution in [3.8, 4) is 16.9 Å². The topological polar surface area (TPSA) is 58.6 Å². The van der Waals surface area contributed by atoms with E-state index in [0.717, 1.165) is 60.1 Å². The van der Waals surface area contributed by atoms with Crippen molar-refractivity contribution in [2.45, 2.75) is 57.4 Å². The Morgan fingerprint density at radius 3 is 2.24 bits per heavy atom. The number of benzene rings is 3. The number of hydrogen-bond acceptors (Lipinski definition) is 4. The Kier molecular flexibility index (Phi) is 7.71. The number of ketones is 1. The molecule has 3 aromatic rings. The lowest BCUT2D eigenvalue weighted by Gasteiger charge is -2.36. The van der Waals surface area contributed by atoms with Gasteiger partial charge in [0.15, 0.2) is 5.78 Å². The maximum absolute atomic E-state index is 13.3. The molecule has 0 unspecified atom stereocenters. The molecule has 2 aliphatic rings. The van der Waals surface area contributed by atoms with Gasteiger partial charge in [0.25, 0.3) is 5.91 Å². The van der Waals surface area contributed by atoms with Crippen LogP contribution in [0.2, 0.25) is 0 Å².